The molecule has 0 aliphatic carbocycles. The van der Waals surface area contributed by atoms with Gasteiger partial charge in [-0.25, -0.2) is 4.98 Å². The molecule has 0 saturated carbocycles. The van der Waals surface area contributed by atoms with Crippen LogP contribution in [0.1, 0.15) is 35.6 Å². The van der Waals surface area contributed by atoms with Crippen LogP contribution in [0.3, 0.4) is 0 Å². The third-order valence-corrected chi connectivity index (χ3v) is 2.72. The molecule has 7 heteroatoms. The topological polar surface area (TPSA) is 101 Å². The lowest BCUT2D eigenvalue weighted by Crippen LogP contribution is -2.16. The van der Waals surface area contributed by atoms with E-state index in [1.807, 2.05) is 13.8 Å². The fourth-order valence-corrected chi connectivity index (χ4v) is 1.72. The molecule has 20 heavy (non-hydrogen) atoms. The molecular formula is C13H15N5O2. The molecule has 2 N–H and O–H groups in total. The number of nitrogens with one attached hydrogen (secondary N) is 1. The molecule has 104 valence electrons. The first-order chi connectivity index (χ1) is 9.63. The van der Waals surface area contributed by atoms with Gasteiger partial charge in [-0.1, -0.05) is 13.8 Å². The first-order valence-corrected chi connectivity index (χ1v) is 6.31. The van der Waals surface area contributed by atoms with E-state index in [0.29, 0.717) is 0 Å². The molecule has 2 heterocycles. The highest BCUT2D eigenvalue weighted by atomic mass is 16.3. The van der Waals surface area contributed by atoms with Crippen molar-refractivity contribution in [1.29, 1.82) is 0 Å². The molecule has 0 aliphatic rings. The van der Waals surface area contributed by atoms with Crippen LogP contribution in [0.15, 0.2) is 18.5 Å². The maximum Gasteiger partial charge on any atom is 0.259 e. The van der Waals surface area contributed by atoms with Crippen LogP contribution in [0.25, 0.3) is 0 Å². The lowest BCUT2D eigenvalue weighted by atomic mass is 10.2. The number of aryl methyl sites for hydroxylation is 2. The largest absolute Gasteiger partial charge is 0.506 e. The molecule has 1 amide bonds. The lowest BCUT2D eigenvalue weighted by molar-refractivity contribution is 0.102. The van der Waals surface area contributed by atoms with E-state index in [1.165, 1.54) is 18.5 Å². The number of aromatic hydroxyl groups is 1. The summed E-state index contributed by atoms with van der Waals surface area (Å²) in [6.07, 6.45) is 4.06. The zero-order valence-corrected chi connectivity index (χ0v) is 11.3. The first-order valence-electron chi connectivity index (χ1n) is 6.31. The predicted molar refractivity (Wildman–Crippen MR) is 72.4 cm³/mol. The molecule has 7 nitrogen and oxygen atoms in total. The highest BCUT2D eigenvalue weighted by Gasteiger charge is 2.11. The highest BCUT2D eigenvalue weighted by Crippen LogP contribution is 2.11. The van der Waals surface area contributed by atoms with Gasteiger partial charge in [-0.2, -0.15) is 0 Å². The van der Waals surface area contributed by atoms with Crippen molar-refractivity contribution in [3.63, 3.8) is 0 Å². The van der Waals surface area contributed by atoms with Gasteiger partial charge in [0.2, 0.25) is 5.95 Å². The molecule has 0 radical (unpaired) electrons. The van der Waals surface area contributed by atoms with Crippen molar-refractivity contribution in [3.8, 4) is 5.75 Å². The number of pyridine rings is 1. The minimum atomic E-state index is -0.443. The average molecular weight is 273 g/mol. The van der Waals surface area contributed by atoms with E-state index in [9.17, 15) is 9.90 Å². The normalized spacial score (nSPS) is 10.3. The van der Waals surface area contributed by atoms with Crippen LogP contribution in [-0.4, -0.2) is 31.2 Å². The van der Waals surface area contributed by atoms with Gasteiger partial charge in [-0.05, 0) is 18.9 Å². The molecular weight excluding hydrogens is 258 g/mol. The summed E-state index contributed by atoms with van der Waals surface area (Å²) in [5.41, 5.74) is 1.86. The molecule has 0 saturated heterocycles. The number of anilines is 1. The van der Waals surface area contributed by atoms with Gasteiger partial charge in [0.25, 0.3) is 5.91 Å². The Kier molecular flexibility index (Phi) is 4.19. The van der Waals surface area contributed by atoms with E-state index in [0.717, 1.165) is 24.2 Å². The smallest absolute Gasteiger partial charge is 0.259 e. The van der Waals surface area contributed by atoms with E-state index in [1.54, 1.807) is 0 Å². The second-order valence-corrected chi connectivity index (χ2v) is 4.12. The number of nitrogens with zero attached hydrogens (tertiary/aromatic N) is 4. The lowest BCUT2D eigenvalue weighted by Gasteiger charge is -2.07. The average Bonchev–Trinajstić information content (AvgIpc) is 2.47. The number of hydrogen-bond donors (Lipinski definition) is 2. The number of aromatic nitrogens is 4. The van der Waals surface area contributed by atoms with Crippen LogP contribution in [0, 0.1) is 0 Å². The Morgan fingerprint density at radius 1 is 1.20 bits per heavy atom. The third-order valence-electron chi connectivity index (χ3n) is 2.72. The number of hydrogen-bond acceptors (Lipinski definition) is 6. The van der Waals surface area contributed by atoms with E-state index in [4.69, 9.17) is 0 Å². The van der Waals surface area contributed by atoms with E-state index in [-0.39, 0.29) is 17.3 Å². The zero-order valence-electron chi connectivity index (χ0n) is 11.3. The first kappa shape index (κ1) is 13.9. The Balaban J connectivity index is 2.19. The SMILES string of the molecule is CCc1nnc(NC(=O)c2cncc(O)c2)nc1CC. The molecule has 0 unspecified atom stereocenters. The molecule has 0 aromatic carbocycles. The Morgan fingerprint density at radius 2 is 1.95 bits per heavy atom. The maximum absolute atomic E-state index is 12.0. The van der Waals surface area contributed by atoms with Crippen LogP contribution >= 0.6 is 0 Å². The van der Waals surface area contributed by atoms with Gasteiger partial charge in [0.05, 0.1) is 23.1 Å². The Morgan fingerprint density at radius 3 is 2.60 bits per heavy atom. The number of rotatable bonds is 4. The Labute approximate surface area is 116 Å². The molecule has 2 rings (SSSR count). The number of carbonyl (C=O) groups excluding carboxylic acids is 1. The van der Waals surface area contributed by atoms with Crippen molar-refractivity contribution in [2.45, 2.75) is 26.7 Å². The van der Waals surface area contributed by atoms with Gasteiger partial charge >= 0.3 is 0 Å². The molecule has 2 aromatic heterocycles. The van der Waals surface area contributed by atoms with Gasteiger partial charge in [0.1, 0.15) is 5.75 Å². The zero-order chi connectivity index (χ0) is 14.5. The Hall–Kier alpha value is -2.57. The van der Waals surface area contributed by atoms with Gasteiger partial charge in [-0.3, -0.25) is 15.1 Å². The van der Waals surface area contributed by atoms with Crippen LogP contribution in [0.2, 0.25) is 0 Å². The predicted octanol–water partition coefficient (Wildman–Crippen LogP) is 1.35. The van der Waals surface area contributed by atoms with E-state index >= 15 is 0 Å². The van der Waals surface area contributed by atoms with Crippen LogP contribution in [-0.2, 0) is 12.8 Å². The summed E-state index contributed by atoms with van der Waals surface area (Å²) in [4.78, 5) is 20.0. The summed E-state index contributed by atoms with van der Waals surface area (Å²) in [6, 6.07) is 1.32. The quantitative estimate of drug-likeness (QED) is 0.872. The minimum absolute atomic E-state index is 0.0766. The van der Waals surface area contributed by atoms with Crippen molar-refractivity contribution >= 4 is 11.9 Å². The Bertz CT molecular complexity index is 630. The summed E-state index contributed by atoms with van der Waals surface area (Å²) in [7, 11) is 0. The van der Waals surface area contributed by atoms with Crippen LogP contribution in [0.4, 0.5) is 5.95 Å². The van der Waals surface area contributed by atoms with Crippen LogP contribution < -0.4 is 5.32 Å². The van der Waals surface area contributed by atoms with Gasteiger partial charge in [-0.15, -0.1) is 10.2 Å². The third kappa shape index (κ3) is 3.05. The van der Waals surface area contributed by atoms with Crippen LogP contribution in [0.5, 0.6) is 5.75 Å². The second-order valence-electron chi connectivity index (χ2n) is 4.12. The van der Waals surface area contributed by atoms with Crippen molar-refractivity contribution in [2.75, 3.05) is 5.32 Å². The minimum Gasteiger partial charge on any atom is -0.506 e. The van der Waals surface area contributed by atoms with Crippen molar-refractivity contribution in [2.24, 2.45) is 0 Å². The molecule has 0 bridgehead atoms. The standard InChI is InChI=1S/C13H15N5O2/c1-3-10-11(4-2)17-18-13(15-10)16-12(20)8-5-9(19)7-14-6-8/h5-7,19H,3-4H2,1-2H3,(H,15,16,18,20). The molecule has 0 spiro atoms. The molecule has 0 fully saturated rings. The number of carbonyl (C=O) groups is 1. The number of amides is 1. The fourth-order valence-electron chi connectivity index (χ4n) is 1.72. The van der Waals surface area contributed by atoms with Gasteiger partial charge in [0, 0.05) is 6.20 Å². The van der Waals surface area contributed by atoms with Crippen molar-refractivity contribution < 1.29 is 9.90 Å². The van der Waals surface area contributed by atoms with E-state index < -0.39 is 5.91 Å². The van der Waals surface area contributed by atoms with Gasteiger partial charge < -0.3 is 5.11 Å². The fraction of sp³-hybridized carbons (Fsp3) is 0.308. The summed E-state index contributed by atoms with van der Waals surface area (Å²) in [6.45, 7) is 3.94. The summed E-state index contributed by atoms with van der Waals surface area (Å²) in [5.74, 6) is -0.374. The summed E-state index contributed by atoms with van der Waals surface area (Å²) >= 11 is 0. The molecule has 0 aliphatic heterocycles. The second kappa shape index (κ2) is 6.05. The maximum atomic E-state index is 12.0. The van der Waals surface area contributed by atoms with Gasteiger partial charge in [0.15, 0.2) is 0 Å². The summed E-state index contributed by atoms with van der Waals surface area (Å²) < 4.78 is 0. The van der Waals surface area contributed by atoms with Crippen molar-refractivity contribution in [1.82, 2.24) is 20.2 Å². The monoisotopic (exact) mass is 273 g/mol. The highest BCUT2D eigenvalue weighted by molar-refractivity contribution is 6.03. The molecule has 0 atom stereocenters. The van der Waals surface area contributed by atoms with E-state index in [2.05, 4.69) is 25.5 Å². The molecule has 2 aromatic rings. The van der Waals surface area contributed by atoms with Crippen molar-refractivity contribution in [3.05, 3.63) is 35.4 Å². The summed E-state index contributed by atoms with van der Waals surface area (Å²) in [5, 5.41) is 19.7.